The Morgan fingerprint density at radius 3 is 2.43 bits per heavy atom. The average molecular weight is 288 g/mol. The second-order valence-corrected chi connectivity index (χ2v) is 7.76. The summed E-state index contributed by atoms with van der Waals surface area (Å²) in [6, 6.07) is 0. The average Bonchev–Trinajstić information content (AvgIpc) is 2.48. The van der Waals surface area contributed by atoms with Crippen molar-refractivity contribution in [2.45, 2.75) is 72.6 Å². The van der Waals surface area contributed by atoms with Crippen LogP contribution in [-0.4, -0.2) is 5.78 Å². The Balaban J connectivity index is 2.13. The molecule has 0 N–H and O–H groups in total. The van der Waals surface area contributed by atoms with Crippen LogP contribution in [0.4, 0.5) is 0 Å². The van der Waals surface area contributed by atoms with Crippen LogP contribution in [0.1, 0.15) is 72.6 Å². The highest BCUT2D eigenvalue weighted by atomic mass is 16.1. The first-order chi connectivity index (χ1) is 9.95. The summed E-state index contributed by atoms with van der Waals surface area (Å²) in [5, 5.41) is 0. The van der Waals surface area contributed by atoms with E-state index in [2.05, 4.69) is 45.9 Å². The number of hydrogen-bond donors (Lipinski definition) is 0. The van der Waals surface area contributed by atoms with E-state index in [0.717, 1.165) is 12.8 Å². The van der Waals surface area contributed by atoms with Gasteiger partial charge in [0.1, 0.15) is 5.78 Å². The molecule has 0 amide bonds. The molecule has 0 spiro atoms. The molecule has 0 aromatic heterocycles. The van der Waals surface area contributed by atoms with Crippen LogP contribution in [0, 0.1) is 23.2 Å². The first kappa shape index (κ1) is 16.5. The first-order valence-corrected chi connectivity index (χ1v) is 8.87. The van der Waals surface area contributed by atoms with Gasteiger partial charge < -0.3 is 0 Å². The third-order valence-electron chi connectivity index (χ3n) is 5.69. The molecule has 2 aliphatic carbocycles. The van der Waals surface area contributed by atoms with Crippen molar-refractivity contribution in [2.24, 2.45) is 23.2 Å². The maximum Gasteiger partial charge on any atom is 0.143 e. The van der Waals surface area contributed by atoms with E-state index in [-0.39, 0.29) is 5.41 Å². The summed E-state index contributed by atoms with van der Waals surface area (Å²) in [7, 11) is 0. The predicted octanol–water partition coefficient (Wildman–Crippen LogP) is 5.71. The van der Waals surface area contributed by atoms with Gasteiger partial charge >= 0.3 is 0 Å². The first-order valence-electron chi connectivity index (χ1n) is 8.87. The van der Waals surface area contributed by atoms with Gasteiger partial charge in [0.25, 0.3) is 0 Å². The van der Waals surface area contributed by atoms with Crippen LogP contribution < -0.4 is 0 Å². The normalized spacial score (nSPS) is 27.2. The number of carbonyl (C=O) groups excluding carboxylic acids is 1. The van der Waals surface area contributed by atoms with E-state index in [0.29, 0.717) is 23.5 Å². The van der Waals surface area contributed by atoms with E-state index >= 15 is 0 Å². The molecule has 0 heterocycles. The molecule has 0 aliphatic heterocycles. The van der Waals surface area contributed by atoms with Crippen molar-refractivity contribution in [3.8, 4) is 0 Å². The van der Waals surface area contributed by atoms with Crippen molar-refractivity contribution < 1.29 is 4.79 Å². The topological polar surface area (TPSA) is 17.1 Å². The summed E-state index contributed by atoms with van der Waals surface area (Å²) < 4.78 is 0. The lowest BCUT2D eigenvalue weighted by atomic mass is 9.64. The van der Waals surface area contributed by atoms with Crippen LogP contribution in [0.15, 0.2) is 23.8 Å². The number of hydrogen-bond acceptors (Lipinski definition) is 1. The zero-order valence-corrected chi connectivity index (χ0v) is 14.3. The van der Waals surface area contributed by atoms with E-state index in [9.17, 15) is 4.79 Å². The van der Waals surface area contributed by atoms with Crippen molar-refractivity contribution in [1.82, 2.24) is 0 Å². The molecule has 1 saturated carbocycles. The van der Waals surface area contributed by atoms with Crippen LogP contribution in [-0.2, 0) is 4.79 Å². The van der Waals surface area contributed by atoms with Crippen molar-refractivity contribution in [2.75, 3.05) is 0 Å². The lowest BCUT2D eigenvalue weighted by molar-refractivity contribution is -0.129. The number of Topliss-reactive ketones (excluding diaryl/α,β-unsaturated/α-hetero) is 1. The van der Waals surface area contributed by atoms with Gasteiger partial charge in [-0.3, -0.25) is 4.79 Å². The van der Waals surface area contributed by atoms with Gasteiger partial charge in [0, 0.05) is 6.42 Å². The third-order valence-corrected chi connectivity index (χ3v) is 5.69. The zero-order valence-electron chi connectivity index (χ0n) is 14.3. The molecule has 1 heteroatoms. The van der Waals surface area contributed by atoms with Gasteiger partial charge in [-0.25, -0.2) is 0 Å². The Labute approximate surface area is 130 Å². The van der Waals surface area contributed by atoms with Crippen molar-refractivity contribution in [3.63, 3.8) is 0 Å². The van der Waals surface area contributed by atoms with Gasteiger partial charge in [-0.05, 0) is 24.2 Å². The summed E-state index contributed by atoms with van der Waals surface area (Å²) in [5.74, 6) is 2.05. The lowest BCUT2D eigenvalue weighted by Crippen LogP contribution is -2.38. The molecule has 118 valence electrons. The highest BCUT2D eigenvalue weighted by Gasteiger charge is 2.41. The van der Waals surface area contributed by atoms with Gasteiger partial charge in [0.2, 0.25) is 0 Å². The molecule has 1 unspecified atom stereocenters. The van der Waals surface area contributed by atoms with Gasteiger partial charge in [0.05, 0.1) is 5.41 Å². The van der Waals surface area contributed by atoms with Gasteiger partial charge in [0.15, 0.2) is 0 Å². The Hall–Kier alpha value is -0.850. The fourth-order valence-corrected chi connectivity index (χ4v) is 3.95. The van der Waals surface area contributed by atoms with E-state index in [1.165, 1.54) is 37.7 Å². The highest BCUT2D eigenvalue weighted by Crippen LogP contribution is 2.43. The Kier molecular flexibility index (Phi) is 5.46. The maximum atomic E-state index is 13.1. The molecule has 2 rings (SSSR count). The molecule has 1 fully saturated rings. The predicted molar refractivity (Wildman–Crippen MR) is 90.1 cm³/mol. The summed E-state index contributed by atoms with van der Waals surface area (Å²) in [6.45, 7) is 8.90. The van der Waals surface area contributed by atoms with E-state index in [1.54, 1.807) is 0 Å². The largest absolute Gasteiger partial charge is 0.299 e. The molecule has 0 aromatic rings. The fraction of sp³-hybridized carbons (Fsp3) is 0.750. The highest BCUT2D eigenvalue weighted by molar-refractivity contribution is 5.88. The quantitative estimate of drug-likeness (QED) is 0.633. The summed E-state index contributed by atoms with van der Waals surface area (Å²) in [5.41, 5.74) is 1.19. The van der Waals surface area contributed by atoms with E-state index < -0.39 is 0 Å². The standard InChI is InChI=1S/C20H32O/c1-15(2)18-11-8-12-20(14-18,16(3)4)19(21)13-17-9-6-5-7-10-17/h8,11-12,15-17H,5-7,9-10,13-14H2,1-4H3. The molecule has 0 radical (unpaired) electrons. The second kappa shape index (κ2) is 6.94. The lowest BCUT2D eigenvalue weighted by Gasteiger charge is -2.38. The van der Waals surface area contributed by atoms with E-state index in [4.69, 9.17) is 0 Å². The van der Waals surface area contributed by atoms with Gasteiger partial charge in [-0.1, -0.05) is 83.6 Å². The SMILES string of the molecule is CC(C)C1=CC=CC(C(=O)CC2CCCCC2)(C(C)C)C1. The Bertz CT molecular complexity index is 421. The molecule has 0 bridgehead atoms. The molecule has 21 heavy (non-hydrogen) atoms. The monoisotopic (exact) mass is 288 g/mol. The smallest absolute Gasteiger partial charge is 0.143 e. The fourth-order valence-electron chi connectivity index (χ4n) is 3.95. The van der Waals surface area contributed by atoms with Crippen LogP contribution in [0.25, 0.3) is 0 Å². The van der Waals surface area contributed by atoms with Crippen LogP contribution in [0.2, 0.25) is 0 Å². The minimum atomic E-state index is -0.244. The zero-order chi connectivity index (χ0) is 15.5. The van der Waals surface area contributed by atoms with Crippen molar-refractivity contribution in [1.29, 1.82) is 0 Å². The molecular weight excluding hydrogens is 256 g/mol. The van der Waals surface area contributed by atoms with Crippen LogP contribution >= 0.6 is 0 Å². The van der Waals surface area contributed by atoms with Crippen molar-refractivity contribution >= 4 is 5.78 Å². The van der Waals surface area contributed by atoms with Gasteiger partial charge in [-0.2, -0.15) is 0 Å². The Morgan fingerprint density at radius 2 is 1.86 bits per heavy atom. The molecule has 1 nitrogen and oxygen atoms in total. The number of carbonyl (C=O) groups is 1. The summed E-state index contributed by atoms with van der Waals surface area (Å²) in [6.07, 6.45) is 14.8. The van der Waals surface area contributed by atoms with Crippen molar-refractivity contribution in [3.05, 3.63) is 23.8 Å². The Morgan fingerprint density at radius 1 is 1.19 bits per heavy atom. The summed E-state index contributed by atoms with van der Waals surface area (Å²) >= 11 is 0. The number of rotatable bonds is 5. The minimum absolute atomic E-state index is 0.244. The number of ketones is 1. The minimum Gasteiger partial charge on any atom is -0.299 e. The van der Waals surface area contributed by atoms with Crippen LogP contribution in [0.3, 0.4) is 0 Å². The van der Waals surface area contributed by atoms with E-state index in [1.807, 2.05) is 0 Å². The van der Waals surface area contributed by atoms with Crippen LogP contribution in [0.5, 0.6) is 0 Å². The molecule has 1 atom stereocenters. The number of allylic oxidation sites excluding steroid dienone is 4. The van der Waals surface area contributed by atoms with Gasteiger partial charge in [-0.15, -0.1) is 0 Å². The molecule has 0 saturated heterocycles. The summed E-state index contributed by atoms with van der Waals surface area (Å²) in [4.78, 5) is 13.1. The molecular formula is C20H32O. The molecule has 2 aliphatic rings. The third kappa shape index (κ3) is 3.67. The maximum absolute atomic E-state index is 13.1. The second-order valence-electron chi connectivity index (χ2n) is 7.76. The molecule has 0 aromatic carbocycles.